The fraction of sp³-hybridized carbons (Fsp3) is 0.789. The van der Waals surface area contributed by atoms with E-state index in [4.69, 9.17) is 0 Å². The molecule has 0 saturated carbocycles. The van der Waals surface area contributed by atoms with Gasteiger partial charge in [-0.15, -0.1) is 0 Å². The van der Waals surface area contributed by atoms with Crippen molar-refractivity contribution >= 4 is 6.03 Å². The number of likely N-dealkylation sites (tertiary alicyclic amines) is 1. The molecule has 1 aromatic rings. The number of hydrogen-bond acceptors (Lipinski definition) is 4. The van der Waals surface area contributed by atoms with Crippen LogP contribution in [-0.4, -0.2) is 76.8 Å². The van der Waals surface area contributed by atoms with Crippen molar-refractivity contribution in [1.29, 1.82) is 0 Å². The predicted molar refractivity (Wildman–Crippen MR) is 103 cm³/mol. The van der Waals surface area contributed by atoms with Crippen LogP contribution >= 0.6 is 0 Å². The first-order valence-electron chi connectivity index (χ1n) is 9.89. The molecule has 2 aliphatic heterocycles. The maximum absolute atomic E-state index is 11.7. The first-order chi connectivity index (χ1) is 12.4. The predicted octanol–water partition coefficient (Wildman–Crippen LogP) is 1.59. The van der Waals surface area contributed by atoms with E-state index in [1.807, 2.05) is 0 Å². The van der Waals surface area contributed by atoms with Crippen LogP contribution in [0.25, 0.3) is 0 Å². The Labute approximate surface area is 157 Å². The Morgan fingerprint density at radius 3 is 2.65 bits per heavy atom. The van der Waals surface area contributed by atoms with E-state index in [0.29, 0.717) is 12.6 Å². The average Bonchev–Trinajstić information content (AvgIpc) is 3.02. The summed E-state index contributed by atoms with van der Waals surface area (Å²) >= 11 is 0. The summed E-state index contributed by atoms with van der Waals surface area (Å²) in [5.41, 5.74) is 2.22. The van der Waals surface area contributed by atoms with Crippen LogP contribution in [-0.2, 0) is 19.6 Å². The molecule has 7 heteroatoms. The van der Waals surface area contributed by atoms with Gasteiger partial charge in [-0.05, 0) is 51.8 Å². The lowest BCUT2D eigenvalue weighted by Crippen LogP contribution is -2.43. The number of urea groups is 1. The number of carbonyl (C=O) groups excluding carboxylic acids is 1. The zero-order chi connectivity index (χ0) is 18.7. The van der Waals surface area contributed by atoms with Gasteiger partial charge in [-0.1, -0.05) is 0 Å². The highest BCUT2D eigenvalue weighted by molar-refractivity contribution is 5.73. The molecule has 3 rings (SSSR count). The van der Waals surface area contributed by atoms with Gasteiger partial charge in [0.05, 0.1) is 24.5 Å². The van der Waals surface area contributed by atoms with Crippen molar-refractivity contribution in [2.45, 2.75) is 52.4 Å². The summed E-state index contributed by atoms with van der Waals surface area (Å²) in [5.74, 6) is 0.818. The molecule has 0 radical (unpaired) electrons. The van der Waals surface area contributed by atoms with Gasteiger partial charge in [0.2, 0.25) is 0 Å². The van der Waals surface area contributed by atoms with Crippen molar-refractivity contribution in [3.05, 3.63) is 17.5 Å². The van der Waals surface area contributed by atoms with Gasteiger partial charge in [-0.25, -0.2) is 4.79 Å². The van der Waals surface area contributed by atoms with Gasteiger partial charge in [-0.2, -0.15) is 5.10 Å². The lowest BCUT2D eigenvalue weighted by Gasteiger charge is -2.37. The molecule has 1 saturated heterocycles. The van der Waals surface area contributed by atoms with Crippen LogP contribution in [0.15, 0.2) is 6.07 Å². The average molecular weight is 363 g/mol. The van der Waals surface area contributed by atoms with Gasteiger partial charge in [0.25, 0.3) is 0 Å². The third-order valence-electron chi connectivity index (χ3n) is 5.65. The van der Waals surface area contributed by atoms with Crippen LogP contribution in [0.3, 0.4) is 0 Å². The molecule has 0 unspecified atom stereocenters. The Hall–Kier alpha value is -1.60. The van der Waals surface area contributed by atoms with E-state index in [0.717, 1.165) is 31.2 Å². The van der Waals surface area contributed by atoms with Crippen molar-refractivity contribution in [3.63, 3.8) is 0 Å². The minimum atomic E-state index is -0.0784. The molecule has 2 aliphatic rings. The number of rotatable bonds is 5. The second kappa shape index (κ2) is 8.39. The number of piperidine rings is 1. The van der Waals surface area contributed by atoms with Crippen LogP contribution in [0.1, 0.15) is 38.1 Å². The molecule has 0 spiro atoms. The van der Waals surface area contributed by atoms with E-state index in [9.17, 15) is 4.79 Å². The van der Waals surface area contributed by atoms with E-state index in [1.54, 1.807) is 19.0 Å². The second-order valence-corrected chi connectivity index (χ2v) is 8.21. The molecule has 0 aliphatic carbocycles. The molecule has 1 fully saturated rings. The summed E-state index contributed by atoms with van der Waals surface area (Å²) in [4.78, 5) is 18.4. The Balaban J connectivity index is 1.48. The first-order valence-corrected chi connectivity index (χ1v) is 9.89. The van der Waals surface area contributed by atoms with Crippen LogP contribution in [0.4, 0.5) is 4.79 Å². The van der Waals surface area contributed by atoms with Crippen molar-refractivity contribution in [2.75, 3.05) is 40.3 Å². The molecule has 1 N–H and O–H groups in total. The minimum Gasteiger partial charge on any atom is -0.332 e. The maximum Gasteiger partial charge on any atom is 0.317 e. The first kappa shape index (κ1) is 19.2. The number of hydrogen-bond donors (Lipinski definition) is 1. The van der Waals surface area contributed by atoms with Crippen molar-refractivity contribution < 1.29 is 4.79 Å². The van der Waals surface area contributed by atoms with Gasteiger partial charge in [0, 0.05) is 39.8 Å². The largest absolute Gasteiger partial charge is 0.332 e. The summed E-state index contributed by atoms with van der Waals surface area (Å²) in [5, 5.41) is 7.53. The number of aromatic nitrogens is 2. The highest BCUT2D eigenvalue weighted by Crippen LogP contribution is 2.22. The molecule has 0 atom stereocenters. The zero-order valence-corrected chi connectivity index (χ0v) is 16.7. The van der Waals surface area contributed by atoms with Gasteiger partial charge in [0.1, 0.15) is 0 Å². The molecule has 1 aromatic heterocycles. The summed E-state index contributed by atoms with van der Waals surface area (Å²) in [6.45, 7) is 11.8. The maximum atomic E-state index is 11.7. The van der Waals surface area contributed by atoms with Crippen LogP contribution in [0, 0.1) is 5.92 Å². The number of nitrogens with one attached hydrogen (secondary N) is 1. The summed E-state index contributed by atoms with van der Waals surface area (Å²) < 4.78 is 2.11. The fourth-order valence-electron chi connectivity index (χ4n) is 3.96. The van der Waals surface area contributed by atoms with Gasteiger partial charge < -0.3 is 15.1 Å². The third kappa shape index (κ3) is 4.76. The SMILES string of the molecule is CC(C)N1CCC(CN2CCn3nc(CNC(=O)N(C)C)cc3C2)CC1. The van der Waals surface area contributed by atoms with E-state index in [2.05, 4.69) is 44.8 Å². The monoisotopic (exact) mass is 362 g/mol. The second-order valence-electron chi connectivity index (χ2n) is 8.21. The topological polar surface area (TPSA) is 56.6 Å². The van der Waals surface area contributed by atoms with Crippen molar-refractivity contribution in [2.24, 2.45) is 5.92 Å². The lowest BCUT2D eigenvalue weighted by atomic mass is 9.95. The van der Waals surface area contributed by atoms with E-state index in [-0.39, 0.29) is 6.03 Å². The Morgan fingerprint density at radius 2 is 2.00 bits per heavy atom. The molecule has 26 heavy (non-hydrogen) atoms. The molecule has 0 bridgehead atoms. The molecular weight excluding hydrogens is 328 g/mol. The summed E-state index contributed by atoms with van der Waals surface area (Å²) in [6, 6.07) is 2.74. The molecule has 146 valence electrons. The lowest BCUT2D eigenvalue weighted by molar-refractivity contribution is 0.109. The normalized spacial score (nSPS) is 19.6. The Morgan fingerprint density at radius 1 is 1.27 bits per heavy atom. The van der Waals surface area contributed by atoms with Crippen molar-refractivity contribution in [3.8, 4) is 0 Å². The summed E-state index contributed by atoms with van der Waals surface area (Å²) in [7, 11) is 3.49. The van der Waals surface area contributed by atoms with Crippen molar-refractivity contribution in [1.82, 2.24) is 29.8 Å². The molecule has 7 nitrogen and oxygen atoms in total. The number of nitrogens with zero attached hydrogens (tertiary/aromatic N) is 5. The zero-order valence-electron chi connectivity index (χ0n) is 16.7. The highest BCUT2D eigenvalue weighted by Gasteiger charge is 2.25. The number of carbonyl (C=O) groups is 1. The fourth-order valence-corrected chi connectivity index (χ4v) is 3.96. The van der Waals surface area contributed by atoms with Gasteiger partial charge in [0.15, 0.2) is 0 Å². The number of amides is 2. The quantitative estimate of drug-likeness (QED) is 0.864. The van der Waals surface area contributed by atoms with Crippen LogP contribution in [0.2, 0.25) is 0 Å². The Bertz CT molecular complexity index is 603. The third-order valence-corrected chi connectivity index (χ3v) is 5.65. The summed E-state index contributed by atoms with van der Waals surface area (Å²) in [6.07, 6.45) is 2.63. The standard InChI is InChI=1S/C19H34N6O/c1-15(2)24-7-5-16(6-8-24)13-23-9-10-25-18(14-23)11-17(21-25)12-20-19(26)22(3)4/h11,15-16H,5-10,12-14H2,1-4H3,(H,20,26). The van der Waals surface area contributed by atoms with E-state index in [1.165, 1.54) is 38.2 Å². The minimum absolute atomic E-state index is 0.0784. The number of fused-ring (bicyclic) bond motifs is 1. The van der Waals surface area contributed by atoms with Crippen LogP contribution in [0.5, 0.6) is 0 Å². The van der Waals surface area contributed by atoms with E-state index < -0.39 is 0 Å². The molecular formula is C19H34N6O. The van der Waals surface area contributed by atoms with Gasteiger partial charge >= 0.3 is 6.03 Å². The van der Waals surface area contributed by atoms with E-state index >= 15 is 0 Å². The molecule has 2 amide bonds. The molecule has 3 heterocycles. The molecule has 0 aromatic carbocycles. The van der Waals surface area contributed by atoms with Crippen LogP contribution < -0.4 is 5.32 Å². The Kier molecular flexibility index (Phi) is 6.19. The van der Waals surface area contributed by atoms with Gasteiger partial charge in [-0.3, -0.25) is 9.58 Å². The smallest absolute Gasteiger partial charge is 0.317 e. The highest BCUT2D eigenvalue weighted by atomic mass is 16.2.